The quantitative estimate of drug-likeness (QED) is 0.845. The topological polar surface area (TPSA) is 80.0 Å². The van der Waals surface area contributed by atoms with E-state index in [1.54, 1.807) is 0 Å². The Balaban J connectivity index is 1.88. The van der Waals surface area contributed by atoms with Gasteiger partial charge in [-0.15, -0.1) is 0 Å². The van der Waals surface area contributed by atoms with E-state index in [0.29, 0.717) is 29.8 Å². The first-order chi connectivity index (χ1) is 12.4. The second-order valence-corrected chi connectivity index (χ2v) is 6.15. The van der Waals surface area contributed by atoms with Gasteiger partial charge in [0.1, 0.15) is 0 Å². The molecule has 0 bridgehead atoms. The predicted molar refractivity (Wildman–Crippen MR) is 86.6 cm³/mol. The monoisotopic (exact) mass is 368 g/mol. The molecule has 0 radical (unpaired) electrons. The van der Waals surface area contributed by atoms with Crippen molar-refractivity contribution in [1.29, 1.82) is 0 Å². The van der Waals surface area contributed by atoms with Gasteiger partial charge in [-0.25, -0.2) is 0 Å². The first-order valence-electron chi connectivity index (χ1n) is 8.40. The highest BCUT2D eigenvalue weighted by atomic mass is 19.4. The van der Waals surface area contributed by atoms with Crippen molar-refractivity contribution in [2.24, 2.45) is 0 Å². The highest BCUT2D eigenvalue weighted by Crippen LogP contribution is 2.35. The number of fused-ring (bicyclic) bond motifs is 1. The van der Waals surface area contributed by atoms with Gasteiger partial charge in [0, 0.05) is 29.6 Å². The number of nitrogens with zero attached hydrogens (tertiary/aromatic N) is 3. The standard InChI is InChI=1S/C17H19F3N4O2/c18-17(19,20)15-13-3-1-2-4-14(13)24(23-15)10-12-9-11(5-6-21-12)16(26)22-7-8-25/h5-6,9,25H,1-4,7-8,10H2,(H,22,26). The Morgan fingerprint density at radius 1 is 1.31 bits per heavy atom. The van der Waals surface area contributed by atoms with Crippen molar-refractivity contribution in [1.82, 2.24) is 20.1 Å². The van der Waals surface area contributed by atoms with Gasteiger partial charge in [-0.2, -0.15) is 18.3 Å². The summed E-state index contributed by atoms with van der Waals surface area (Å²) in [5.41, 5.74) is 0.844. The van der Waals surface area contributed by atoms with E-state index in [2.05, 4.69) is 15.4 Å². The van der Waals surface area contributed by atoms with Crippen molar-refractivity contribution < 1.29 is 23.1 Å². The molecular formula is C17H19F3N4O2. The molecule has 0 aromatic carbocycles. The molecule has 0 aliphatic heterocycles. The number of carbonyl (C=O) groups excluding carboxylic acids is 1. The molecule has 2 aromatic rings. The van der Waals surface area contributed by atoms with Crippen LogP contribution in [0.2, 0.25) is 0 Å². The predicted octanol–water partition coefficient (Wildman–Crippen LogP) is 1.95. The first-order valence-corrected chi connectivity index (χ1v) is 8.40. The summed E-state index contributed by atoms with van der Waals surface area (Å²) >= 11 is 0. The van der Waals surface area contributed by atoms with Crippen LogP contribution in [-0.4, -0.2) is 38.9 Å². The van der Waals surface area contributed by atoms with Crippen molar-refractivity contribution >= 4 is 5.91 Å². The van der Waals surface area contributed by atoms with Gasteiger partial charge in [0.15, 0.2) is 5.69 Å². The van der Waals surface area contributed by atoms with Gasteiger partial charge >= 0.3 is 6.18 Å². The minimum atomic E-state index is -4.48. The van der Waals surface area contributed by atoms with Crippen LogP contribution in [0.25, 0.3) is 0 Å². The zero-order valence-corrected chi connectivity index (χ0v) is 14.0. The van der Waals surface area contributed by atoms with E-state index in [4.69, 9.17) is 5.11 Å². The van der Waals surface area contributed by atoms with Crippen LogP contribution in [0.4, 0.5) is 13.2 Å². The number of hydrogen-bond donors (Lipinski definition) is 2. The fraction of sp³-hybridized carbons (Fsp3) is 0.471. The molecule has 3 rings (SSSR count). The number of aromatic nitrogens is 3. The molecule has 1 amide bonds. The average molecular weight is 368 g/mol. The normalized spacial score (nSPS) is 14.2. The Hall–Kier alpha value is -2.42. The number of aliphatic hydroxyl groups is 1. The second-order valence-electron chi connectivity index (χ2n) is 6.15. The number of pyridine rings is 1. The number of carbonyl (C=O) groups is 1. The number of alkyl halides is 3. The van der Waals surface area contributed by atoms with Crippen molar-refractivity contribution in [2.45, 2.75) is 38.4 Å². The first kappa shape index (κ1) is 18.4. The third kappa shape index (κ3) is 3.87. The average Bonchev–Trinajstić information content (AvgIpc) is 2.99. The molecule has 6 nitrogen and oxygen atoms in total. The van der Waals surface area contributed by atoms with Gasteiger partial charge in [-0.1, -0.05) is 0 Å². The molecule has 0 saturated heterocycles. The minimum Gasteiger partial charge on any atom is -0.395 e. The number of amides is 1. The van der Waals surface area contributed by atoms with Crippen molar-refractivity contribution in [3.63, 3.8) is 0 Å². The molecule has 140 valence electrons. The van der Waals surface area contributed by atoms with Gasteiger partial charge in [-0.3, -0.25) is 14.5 Å². The van der Waals surface area contributed by atoms with Crippen LogP contribution in [0.15, 0.2) is 18.3 Å². The highest BCUT2D eigenvalue weighted by Gasteiger charge is 2.39. The summed E-state index contributed by atoms with van der Waals surface area (Å²) in [7, 11) is 0. The molecule has 2 N–H and O–H groups in total. The van der Waals surface area contributed by atoms with Crippen LogP contribution in [0.5, 0.6) is 0 Å². The molecule has 0 atom stereocenters. The lowest BCUT2D eigenvalue weighted by atomic mass is 9.95. The summed E-state index contributed by atoms with van der Waals surface area (Å²) in [5.74, 6) is -0.374. The van der Waals surface area contributed by atoms with Crippen LogP contribution in [-0.2, 0) is 25.6 Å². The summed E-state index contributed by atoms with van der Waals surface area (Å²) in [6.45, 7) is 0.0148. The van der Waals surface area contributed by atoms with Gasteiger partial charge in [-0.05, 0) is 37.8 Å². The third-order valence-corrected chi connectivity index (χ3v) is 4.31. The maximum atomic E-state index is 13.3. The van der Waals surface area contributed by atoms with E-state index in [9.17, 15) is 18.0 Å². The van der Waals surface area contributed by atoms with Crippen molar-refractivity contribution in [2.75, 3.05) is 13.2 Å². The molecule has 0 spiro atoms. The van der Waals surface area contributed by atoms with E-state index in [-0.39, 0.29) is 31.2 Å². The van der Waals surface area contributed by atoms with E-state index < -0.39 is 11.9 Å². The Labute approximate surface area is 148 Å². The summed E-state index contributed by atoms with van der Waals surface area (Å²) in [4.78, 5) is 16.1. The van der Waals surface area contributed by atoms with E-state index >= 15 is 0 Å². The SMILES string of the molecule is O=C(NCCO)c1ccnc(Cn2nc(C(F)(F)F)c3c2CCCC3)c1. The van der Waals surface area contributed by atoms with Crippen LogP contribution in [0.3, 0.4) is 0 Å². The zero-order valence-electron chi connectivity index (χ0n) is 14.0. The van der Waals surface area contributed by atoms with Crippen LogP contribution in [0.1, 0.15) is 45.8 Å². The Kier molecular flexibility index (Phi) is 5.26. The summed E-state index contributed by atoms with van der Waals surface area (Å²) in [5, 5.41) is 15.1. The summed E-state index contributed by atoms with van der Waals surface area (Å²) in [6.07, 6.45) is -0.570. The lowest BCUT2D eigenvalue weighted by Gasteiger charge is -2.14. The van der Waals surface area contributed by atoms with Crippen LogP contribution >= 0.6 is 0 Å². The molecule has 2 heterocycles. The number of aliphatic hydroxyl groups excluding tert-OH is 1. The molecule has 1 aliphatic carbocycles. The number of halogens is 3. The summed E-state index contributed by atoms with van der Waals surface area (Å²) in [6, 6.07) is 3.03. The molecule has 0 fully saturated rings. The fourth-order valence-electron chi connectivity index (χ4n) is 3.16. The maximum Gasteiger partial charge on any atom is 0.435 e. The number of nitrogens with one attached hydrogen (secondary N) is 1. The molecule has 0 saturated carbocycles. The minimum absolute atomic E-state index is 0.0690. The van der Waals surface area contributed by atoms with Gasteiger partial charge < -0.3 is 10.4 Å². The molecule has 9 heteroatoms. The maximum absolute atomic E-state index is 13.3. The van der Waals surface area contributed by atoms with Crippen molar-refractivity contribution in [3.05, 3.63) is 46.5 Å². The molecule has 26 heavy (non-hydrogen) atoms. The Bertz CT molecular complexity index is 802. The second kappa shape index (κ2) is 7.45. The number of rotatable bonds is 5. The van der Waals surface area contributed by atoms with Gasteiger partial charge in [0.25, 0.3) is 5.91 Å². The fourth-order valence-corrected chi connectivity index (χ4v) is 3.16. The molecule has 0 unspecified atom stereocenters. The van der Waals surface area contributed by atoms with Crippen LogP contribution < -0.4 is 5.32 Å². The zero-order chi connectivity index (χ0) is 18.7. The largest absolute Gasteiger partial charge is 0.435 e. The summed E-state index contributed by atoms with van der Waals surface area (Å²) < 4.78 is 41.1. The third-order valence-electron chi connectivity index (χ3n) is 4.31. The lowest BCUT2D eigenvalue weighted by molar-refractivity contribution is -0.142. The smallest absolute Gasteiger partial charge is 0.395 e. The molecule has 2 aromatic heterocycles. The number of hydrogen-bond acceptors (Lipinski definition) is 4. The molecular weight excluding hydrogens is 349 g/mol. The highest BCUT2D eigenvalue weighted by molar-refractivity contribution is 5.94. The Morgan fingerprint density at radius 3 is 2.81 bits per heavy atom. The van der Waals surface area contributed by atoms with Crippen LogP contribution in [0, 0.1) is 0 Å². The van der Waals surface area contributed by atoms with Gasteiger partial charge in [0.2, 0.25) is 0 Å². The van der Waals surface area contributed by atoms with Crippen molar-refractivity contribution in [3.8, 4) is 0 Å². The Morgan fingerprint density at radius 2 is 2.08 bits per heavy atom. The van der Waals surface area contributed by atoms with Gasteiger partial charge in [0.05, 0.1) is 18.8 Å². The van der Waals surface area contributed by atoms with E-state index in [0.717, 1.165) is 12.8 Å². The lowest BCUT2D eigenvalue weighted by Crippen LogP contribution is -2.26. The van der Waals surface area contributed by atoms with E-state index in [1.165, 1.54) is 23.0 Å². The molecule has 1 aliphatic rings. The van der Waals surface area contributed by atoms with E-state index in [1.807, 2.05) is 0 Å².